The van der Waals surface area contributed by atoms with E-state index >= 15 is 0 Å². The van der Waals surface area contributed by atoms with Gasteiger partial charge < -0.3 is 16.0 Å². The first-order valence-corrected chi connectivity index (χ1v) is 6.96. The van der Waals surface area contributed by atoms with E-state index in [0.29, 0.717) is 18.4 Å². The van der Waals surface area contributed by atoms with Gasteiger partial charge in [0, 0.05) is 25.0 Å². The van der Waals surface area contributed by atoms with Crippen LogP contribution in [0.1, 0.15) is 39.0 Å². The van der Waals surface area contributed by atoms with Gasteiger partial charge in [-0.3, -0.25) is 4.79 Å². The maximum atomic E-state index is 11.9. The molecule has 0 saturated carbocycles. The number of hydrogen-bond donors (Lipinski definition) is 2. The first-order valence-electron chi connectivity index (χ1n) is 6.96. The Hall–Kier alpha value is -0.610. The fourth-order valence-electron chi connectivity index (χ4n) is 3.11. The van der Waals surface area contributed by atoms with E-state index in [1.807, 2.05) is 0 Å². The summed E-state index contributed by atoms with van der Waals surface area (Å²) in [4.78, 5) is 14.3. The molecule has 0 radical (unpaired) electrons. The lowest BCUT2D eigenvalue weighted by Crippen LogP contribution is -2.57. The molecule has 3 fully saturated rings. The number of nitrogens with one attached hydrogen (secondary N) is 1. The molecule has 0 aromatic rings. The standard InChI is InChI=1S/C13H25N3O/c1-2-3-11(14)8-13(17)15-12-9-16-6-4-10(12)5-7-16/h10-12H,2-9,14H2,1H3,(H,15,17). The van der Waals surface area contributed by atoms with E-state index in [9.17, 15) is 4.79 Å². The van der Waals surface area contributed by atoms with Crippen LogP contribution >= 0.6 is 0 Å². The van der Waals surface area contributed by atoms with Gasteiger partial charge in [0.2, 0.25) is 5.91 Å². The van der Waals surface area contributed by atoms with Crippen LogP contribution in [-0.2, 0) is 4.79 Å². The first-order chi connectivity index (χ1) is 8.19. The third-order valence-corrected chi connectivity index (χ3v) is 4.11. The van der Waals surface area contributed by atoms with Crippen molar-refractivity contribution in [1.82, 2.24) is 10.2 Å². The minimum absolute atomic E-state index is 0.0288. The molecule has 4 heteroatoms. The lowest BCUT2D eigenvalue weighted by atomic mass is 9.84. The van der Waals surface area contributed by atoms with Gasteiger partial charge in [0.05, 0.1) is 0 Å². The average Bonchev–Trinajstić information content (AvgIpc) is 2.30. The van der Waals surface area contributed by atoms with E-state index < -0.39 is 0 Å². The third kappa shape index (κ3) is 3.42. The van der Waals surface area contributed by atoms with E-state index in [4.69, 9.17) is 5.73 Å². The molecule has 2 atom stereocenters. The number of nitrogens with zero attached hydrogens (tertiary/aromatic N) is 1. The topological polar surface area (TPSA) is 58.4 Å². The molecule has 1 amide bonds. The third-order valence-electron chi connectivity index (χ3n) is 4.11. The molecular formula is C13H25N3O. The smallest absolute Gasteiger partial charge is 0.221 e. The van der Waals surface area contributed by atoms with Gasteiger partial charge in [-0.25, -0.2) is 0 Å². The molecule has 0 aromatic heterocycles. The summed E-state index contributed by atoms with van der Waals surface area (Å²) in [7, 11) is 0. The second-order valence-corrected chi connectivity index (χ2v) is 5.56. The number of hydrogen-bond acceptors (Lipinski definition) is 3. The van der Waals surface area contributed by atoms with Crippen LogP contribution in [0, 0.1) is 5.92 Å². The summed E-state index contributed by atoms with van der Waals surface area (Å²) in [5, 5.41) is 3.18. The van der Waals surface area contributed by atoms with Crippen LogP contribution in [0.4, 0.5) is 0 Å². The Morgan fingerprint density at radius 3 is 2.71 bits per heavy atom. The highest BCUT2D eigenvalue weighted by Crippen LogP contribution is 2.27. The fourth-order valence-corrected chi connectivity index (χ4v) is 3.11. The quantitative estimate of drug-likeness (QED) is 0.743. The lowest BCUT2D eigenvalue weighted by molar-refractivity contribution is -0.123. The van der Waals surface area contributed by atoms with Crippen molar-refractivity contribution < 1.29 is 4.79 Å². The predicted octanol–water partition coefficient (Wildman–Crippen LogP) is 0.714. The molecule has 4 nitrogen and oxygen atoms in total. The van der Waals surface area contributed by atoms with Gasteiger partial charge in [-0.1, -0.05) is 13.3 Å². The van der Waals surface area contributed by atoms with Gasteiger partial charge in [-0.05, 0) is 38.3 Å². The highest BCUT2D eigenvalue weighted by molar-refractivity contribution is 5.77. The van der Waals surface area contributed by atoms with Crippen molar-refractivity contribution >= 4 is 5.91 Å². The second kappa shape index (κ2) is 5.83. The maximum absolute atomic E-state index is 11.9. The van der Waals surface area contributed by atoms with Crippen LogP contribution in [0.5, 0.6) is 0 Å². The number of piperidine rings is 3. The van der Waals surface area contributed by atoms with Crippen molar-refractivity contribution in [2.45, 2.75) is 51.1 Å². The second-order valence-electron chi connectivity index (χ2n) is 5.56. The molecular weight excluding hydrogens is 214 g/mol. The lowest BCUT2D eigenvalue weighted by Gasteiger charge is -2.45. The molecule has 0 aliphatic carbocycles. The highest BCUT2D eigenvalue weighted by Gasteiger charge is 2.34. The molecule has 0 spiro atoms. The summed E-state index contributed by atoms with van der Waals surface area (Å²) >= 11 is 0. The normalized spacial score (nSPS) is 33.4. The SMILES string of the molecule is CCCC(N)CC(=O)NC1CN2CCC1CC2. The Kier molecular flexibility index (Phi) is 4.40. The molecule has 3 rings (SSSR count). The van der Waals surface area contributed by atoms with Crippen LogP contribution < -0.4 is 11.1 Å². The molecule has 0 aromatic carbocycles. The van der Waals surface area contributed by atoms with Crippen LogP contribution in [0.3, 0.4) is 0 Å². The van der Waals surface area contributed by atoms with Crippen LogP contribution in [0.15, 0.2) is 0 Å². The van der Waals surface area contributed by atoms with Gasteiger partial charge in [0.15, 0.2) is 0 Å². The van der Waals surface area contributed by atoms with Crippen molar-refractivity contribution in [2.75, 3.05) is 19.6 Å². The highest BCUT2D eigenvalue weighted by atomic mass is 16.1. The zero-order valence-corrected chi connectivity index (χ0v) is 10.8. The van der Waals surface area contributed by atoms with Crippen LogP contribution in [0.25, 0.3) is 0 Å². The zero-order valence-electron chi connectivity index (χ0n) is 10.8. The Bertz CT molecular complexity index is 261. The van der Waals surface area contributed by atoms with E-state index in [-0.39, 0.29) is 11.9 Å². The summed E-state index contributed by atoms with van der Waals surface area (Å²) in [6, 6.07) is 0.403. The summed E-state index contributed by atoms with van der Waals surface area (Å²) in [5.74, 6) is 0.844. The van der Waals surface area contributed by atoms with Gasteiger partial charge in [-0.15, -0.1) is 0 Å². The summed E-state index contributed by atoms with van der Waals surface area (Å²) in [6.07, 6.45) is 4.96. The van der Waals surface area contributed by atoms with E-state index in [1.54, 1.807) is 0 Å². The monoisotopic (exact) mass is 239 g/mol. The Morgan fingerprint density at radius 2 is 2.18 bits per heavy atom. The van der Waals surface area contributed by atoms with E-state index in [1.165, 1.54) is 25.9 Å². The fraction of sp³-hybridized carbons (Fsp3) is 0.923. The molecule has 17 heavy (non-hydrogen) atoms. The first kappa shape index (κ1) is 12.8. The molecule has 3 heterocycles. The summed E-state index contributed by atoms with van der Waals surface area (Å²) in [6.45, 7) is 5.57. The van der Waals surface area contributed by atoms with Crippen molar-refractivity contribution in [2.24, 2.45) is 11.7 Å². The molecule has 2 unspecified atom stereocenters. The molecule has 98 valence electrons. The van der Waals surface area contributed by atoms with Gasteiger partial charge >= 0.3 is 0 Å². The minimum atomic E-state index is 0.0288. The number of amides is 1. The largest absolute Gasteiger partial charge is 0.352 e. The van der Waals surface area contributed by atoms with E-state index in [0.717, 1.165) is 19.4 Å². The number of nitrogens with two attached hydrogens (primary N) is 1. The van der Waals surface area contributed by atoms with Gasteiger partial charge in [0.25, 0.3) is 0 Å². The Labute approximate surface area is 104 Å². The summed E-state index contributed by atoms with van der Waals surface area (Å²) in [5.41, 5.74) is 5.89. The van der Waals surface area contributed by atoms with Crippen molar-refractivity contribution in [3.63, 3.8) is 0 Å². The molecule has 3 saturated heterocycles. The number of carbonyl (C=O) groups excluding carboxylic acids is 1. The number of carbonyl (C=O) groups is 1. The maximum Gasteiger partial charge on any atom is 0.221 e. The molecule has 2 bridgehead atoms. The number of rotatable bonds is 5. The molecule has 3 aliphatic heterocycles. The summed E-state index contributed by atoms with van der Waals surface area (Å²) < 4.78 is 0. The minimum Gasteiger partial charge on any atom is -0.352 e. The molecule has 3 N–H and O–H groups in total. The van der Waals surface area contributed by atoms with Crippen molar-refractivity contribution in [3.8, 4) is 0 Å². The average molecular weight is 239 g/mol. The van der Waals surface area contributed by atoms with Crippen LogP contribution in [0.2, 0.25) is 0 Å². The van der Waals surface area contributed by atoms with Gasteiger partial charge in [-0.2, -0.15) is 0 Å². The van der Waals surface area contributed by atoms with Crippen LogP contribution in [-0.4, -0.2) is 42.5 Å². The predicted molar refractivity (Wildman–Crippen MR) is 68.6 cm³/mol. The van der Waals surface area contributed by atoms with Gasteiger partial charge in [0.1, 0.15) is 0 Å². The Balaban J connectivity index is 1.75. The van der Waals surface area contributed by atoms with E-state index in [2.05, 4.69) is 17.1 Å². The van der Waals surface area contributed by atoms with Crippen molar-refractivity contribution in [3.05, 3.63) is 0 Å². The Morgan fingerprint density at radius 1 is 1.47 bits per heavy atom. The zero-order chi connectivity index (χ0) is 12.3. The van der Waals surface area contributed by atoms with Crippen molar-refractivity contribution in [1.29, 1.82) is 0 Å². The molecule has 3 aliphatic rings. The number of fused-ring (bicyclic) bond motifs is 3.